The molecule has 0 saturated carbocycles. The number of hydrogen-bond acceptors (Lipinski definition) is 4. The van der Waals surface area contributed by atoms with Gasteiger partial charge in [-0.05, 0) is 24.8 Å². The predicted molar refractivity (Wildman–Crippen MR) is 99.4 cm³/mol. The molecule has 2 aliphatic rings. The van der Waals surface area contributed by atoms with E-state index in [9.17, 15) is 4.79 Å². The number of ether oxygens (including phenoxy) is 1. The summed E-state index contributed by atoms with van der Waals surface area (Å²) in [7, 11) is 0. The van der Waals surface area contributed by atoms with E-state index in [1.165, 1.54) is 5.56 Å². The first-order valence-corrected chi connectivity index (χ1v) is 10.2. The highest BCUT2D eigenvalue weighted by Crippen LogP contribution is 2.17. The van der Waals surface area contributed by atoms with Gasteiger partial charge in [0.2, 0.25) is 5.91 Å². The summed E-state index contributed by atoms with van der Waals surface area (Å²) in [6.45, 7) is 3.48. The van der Waals surface area contributed by atoms with Crippen molar-refractivity contribution in [2.75, 3.05) is 37.7 Å². The number of piperidine rings is 1. The highest BCUT2D eigenvalue weighted by molar-refractivity contribution is 7.99. The van der Waals surface area contributed by atoms with E-state index in [0.29, 0.717) is 24.5 Å². The lowest BCUT2D eigenvalue weighted by atomic mass is 10.1. The molecule has 24 heavy (non-hydrogen) atoms. The van der Waals surface area contributed by atoms with E-state index in [0.717, 1.165) is 57.0 Å². The number of nitrogens with zero attached hydrogens (tertiary/aromatic N) is 1. The number of hydrogen-bond donors (Lipinski definition) is 1. The van der Waals surface area contributed by atoms with Gasteiger partial charge in [-0.1, -0.05) is 30.3 Å². The number of amides is 1. The molecule has 0 aromatic heterocycles. The molecule has 1 atom stereocenters. The summed E-state index contributed by atoms with van der Waals surface area (Å²) < 4.78 is 6.01. The molecule has 2 heterocycles. The minimum Gasteiger partial charge on any atom is -0.378 e. The summed E-state index contributed by atoms with van der Waals surface area (Å²) in [5, 5.41) is 3.45. The van der Waals surface area contributed by atoms with Gasteiger partial charge in [0, 0.05) is 43.6 Å². The minimum atomic E-state index is 0.303. The molecule has 0 bridgehead atoms. The molecule has 1 aromatic carbocycles. The van der Waals surface area contributed by atoms with Crippen molar-refractivity contribution in [2.24, 2.45) is 0 Å². The van der Waals surface area contributed by atoms with Gasteiger partial charge in [-0.3, -0.25) is 4.79 Å². The molecule has 1 aromatic rings. The van der Waals surface area contributed by atoms with Gasteiger partial charge in [0.25, 0.3) is 0 Å². The molecule has 0 radical (unpaired) electrons. The maximum atomic E-state index is 12.4. The van der Waals surface area contributed by atoms with Crippen LogP contribution in [0.5, 0.6) is 0 Å². The van der Waals surface area contributed by atoms with Crippen LogP contribution in [0.25, 0.3) is 0 Å². The van der Waals surface area contributed by atoms with Crippen LogP contribution in [0.15, 0.2) is 30.3 Å². The van der Waals surface area contributed by atoms with Crippen LogP contribution in [0.1, 0.15) is 24.8 Å². The average Bonchev–Trinajstić information content (AvgIpc) is 2.64. The highest BCUT2D eigenvalue weighted by Gasteiger charge is 2.25. The zero-order valence-corrected chi connectivity index (χ0v) is 15.1. The van der Waals surface area contributed by atoms with Crippen molar-refractivity contribution in [3.8, 4) is 0 Å². The number of carbonyl (C=O) groups is 1. The van der Waals surface area contributed by atoms with Crippen molar-refractivity contribution in [1.29, 1.82) is 0 Å². The van der Waals surface area contributed by atoms with Crippen molar-refractivity contribution < 1.29 is 9.53 Å². The lowest BCUT2D eigenvalue weighted by molar-refractivity contribution is -0.134. The number of nitrogens with one attached hydrogen (secondary N) is 1. The first-order valence-electron chi connectivity index (χ1n) is 9.05. The third-order valence-electron chi connectivity index (χ3n) is 4.80. The Hall–Kier alpha value is -1.04. The highest BCUT2D eigenvalue weighted by atomic mass is 32.2. The largest absolute Gasteiger partial charge is 0.378 e. The number of thioether (sulfide) groups is 1. The summed E-state index contributed by atoms with van der Waals surface area (Å²) in [6, 6.07) is 10.8. The van der Waals surface area contributed by atoms with E-state index < -0.39 is 0 Å². The fourth-order valence-electron chi connectivity index (χ4n) is 3.35. The topological polar surface area (TPSA) is 41.6 Å². The second-order valence-electron chi connectivity index (χ2n) is 6.62. The Kier molecular flexibility index (Phi) is 6.99. The summed E-state index contributed by atoms with van der Waals surface area (Å²) in [5.74, 6) is 2.53. The van der Waals surface area contributed by atoms with Crippen LogP contribution in [0.4, 0.5) is 0 Å². The smallest absolute Gasteiger partial charge is 0.224 e. The summed E-state index contributed by atoms with van der Waals surface area (Å²) in [6.07, 6.45) is 3.85. The molecule has 2 saturated heterocycles. The van der Waals surface area contributed by atoms with E-state index in [2.05, 4.69) is 29.6 Å². The lowest BCUT2D eigenvalue weighted by Gasteiger charge is -2.33. The fraction of sp³-hybridized carbons (Fsp3) is 0.632. The molecule has 132 valence electrons. The Morgan fingerprint density at radius 2 is 2.04 bits per heavy atom. The van der Waals surface area contributed by atoms with Crippen molar-refractivity contribution >= 4 is 17.7 Å². The van der Waals surface area contributed by atoms with Crippen LogP contribution < -0.4 is 5.32 Å². The van der Waals surface area contributed by atoms with Gasteiger partial charge in [-0.2, -0.15) is 11.8 Å². The maximum absolute atomic E-state index is 12.4. The molecule has 1 unspecified atom stereocenters. The third-order valence-corrected chi connectivity index (χ3v) is 5.93. The fourth-order valence-corrected chi connectivity index (χ4v) is 4.30. The molecule has 3 rings (SSSR count). The molecular formula is C19H28N2O2S. The Morgan fingerprint density at radius 1 is 1.25 bits per heavy atom. The van der Waals surface area contributed by atoms with Gasteiger partial charge in [-0.25, -0.2) is 0 Å². The predicted octanol–water partition coefficient (Wildman–Crippen LogP) is 2.33. The van der Waals surface area contributed by atoms with Gasteiger partial charge in [0.05, 0.1) is 12.7 Å². The Bertz CT molecular complexity index is 497. The molecule has 4 nitrogen and oxygen atoms in total. The molecule has 1 N–H and O–H groups in total. The molecule has 0 spiro atoms. The van der Waals surface area contributed by atoms with E-state index >= 15 is 0 Å². The zero-order valence-electron chi connectivity index (χ0n) is 14.3. The van der Waals surface area contributed by atoms with E-state index in [4.69, 9.17) is 4.74 Å². The van der Waals surface area contributed by atoms with Crippen LogP contribution >= 0.6 is 11.8 Å². The molecule has 1 amide bonds. The molecule has 2 fully saturated rings. The van der Waals surface area contributed by atoms with Crippen LogP contribution in [-0.2, 0) is 16.0 Å². The summed E-state index contributed by atoms with van der Waals surface area (Å²) >= 11 is 1.95. The quantitative estimate of drug-likeness (QED) is 0.857. The summed E-state index contributed by atoms with van der Waals surface area (Å²) in [5.41, 5.74) is 1.32. The van der Waals surface area contributed by atoms with Gasteiger partial charge in [0.15, 0.2) is 0 Å². The Balaban J connectivity index is 1.32. The van der Waals surface area contributed by atoms with Crippen molar-refractivity contribution in [3.05, 3.63) is 35.9 Å². The minimum absolute atomic E-state index is 0.303. The molecule has 5 heteroatoms. The van der Waals surface area contributed by atoms with E-state index in [1.807, 2.05) is 22.7 Å². The van der Waals surface area contributed by atoms with Gasteiger partial charge < -0.3 is 15.0 Å². The number of benzene rings is 1. The molecule has 2 aliphatic heterocycles. The monoisotopic (exact) mass is 348 g/mol. The number of carbonyl (C=O) groups excluding carboxylic acids is 1. The first kappa shape index (κ1) is 17.8. The normalized spacial score (nSPS) is 22.5. The van der Waals surface area contributed by atoms with E-state index in [1.54, 1.807) is 0 Å². The Labute approximate surface area is 149 Å². The van der Waals surface area contributed by atoms with Crippen molar-refractivity contribution in [3.63, 3.8) is 0 Å². The van der Waals surface area contributed by atoms with Crippen LogP contribution in [0.3, 0.4) is 0 Å². The van der Waals surface area contributed by atoms with E-state index in [-0.39, 0.29) is 0 Å². The molecular weight excluding hydrogens is 320 g/mol. The van der Waals surface area contributed by atoms with Gasteiger partial charge in [0.1, 0.15) is 0 Å². The summed E-state index contributed by atoms with van der Waals surface area (Å²) in [4.78, 5) is 14.4. The number of rotatable bonds is 6. The lowest BCUT2D eigenvalue weighted by Crippen LogP contribution is -2.45. The van der Waals surface area contributed by atoms with Crippen molar-refractivity contribution in [2.45, 2.75) is 37.8 Å². The van der Waals surface area contributed by atoms with Crippen LogP contribution in [-0.4, -0.2) is 60.7 Å². The van der Waals surface area contributed by atoms with Gasteiger partial charge in [-0.15, -0.1) is 0 Å². The number of likely N-dealkylation sites (tertiary alicyclic amines) is 1. The zero-order chi connectivity index (χ0) is 16.6. The second-order valence-corrected chi connectivity index (χ2v) is 7.77. The maximum Gasteiger partial charge on any atom is 0.224 e. The van der Waals surface area contributed by atoms with Crippen LogP contribution in [0.2, 0.25) is 0 Å². The Morgan fingerprint density at radius 3 is 2.75 bits per heavy atom. The SMILES string of the molecule is O=C(CC1CSCCN1)N1CCC(OCCc2ccccc2)CC1. The van der Waals surface area contributed by atoms with Gasteiger partial charge >= 0.3 is 0 Å². The standard InChI is InChI=1S/C19H28N2O2S/c22-19(14-17-15-24-13-9-20-17)21-10-6-18(7-11-21)23-12-8-16-4-2-1-3-5-16/h1-5,17-18,20H,6-15H2. The first-order chi connectivity index (χ1) is 11.8. The van der Waals surface area contributed by atoms with Crippen LogP contribution in [0, 0.1) is 0 Å². The molecule has 0 aliphatic carbocycles. The van der Waals surface area contributed by atoms with Crippen molar-refractivity contribution in [1.82, 2.24) is 10.2 Å². The average molecular weight is 349 g/mol. The third kappa shape index (κ3) is 5.50. The second kappa shape index (κ2) is 9.44.